The lowest BCUT2D eigenvalue weighted by Gasteiger charge is -2.44. The number of methoxy groups -OCH3 is 2. The second-order valence-electron chi connectivity index (χ2n) is 7.56. The lowest BCUT2D eigenvalue weighted by molar-refractivity contribution is -0.149. The van der Waals surface area contributed by atoms with E-state index in [9.17, 15) is 14.7 Å². The van der Waals surface area contributed by atoms with Gasteiger partial charge in [-0.1, -0.05) is 12.1 Å². The predicted octanol–water partition coefficient (Wildman–Crippen LogP) is 3.97. The maximum absolute atomic E-state index is 12.9. The molecule has 0 aromatic carbocycles. The molecule has 8 nitrogen and oxygen atoms in total. The third-order valence-electron chi connectivity index (χ3n) is 5.75. The van der Waals surface area contributed by atoms with Crippen molar-refractivity contribution in [1.82, 2.24) is 14.5 Å². The van der Waals surface area contributed by atoms with Gasteiger partial charge in [-0.15, -0.1) is 22.7 Å². The monoisotopic (exact) mass is 487 g/mol. The second-order valence-corrected chi connectivity index (χ2v) is 9.52. The van der Waals surface area contributed by atoms with Crippen LogP contribution in [0, 0.1) is 5.92 Å². The molecule has 0 radical (unpaired) electrons. The summed E-state index contributed by atoms with van der Waals surface area (Å²) in [5, 5.41) is 15.2. The number of carbonyl (C=O) groups excluding carboxylic acids is 2. The van der Waals surface area contributed by atoms with Gasteiger partial charge in [-0.25, -0.2) is 9.78 Å². The SMILES string of the molecule is COC(=O)C1=C(O)C(C(=O)OC)C(c2cccs2)N(CCCn2ccnc2)C1c1cccs1. The van der Waals surface area contributed by atoms with Crippen LogP contribution in [-0.2, 0) is 25.6 Å². The molecular weight excluding hydrogens is 462 g/mol. The van der Waals surface area contributed by atoms with Crippen LogP contribution in [0.25, 0.3) is 0 Å². The number of nitrogens with zero attached hydrogens (tertiary/aromatic N) is 3. The van der Waals surface area contributed by atoms with Crippen molar-refractivity contribution in [3.8, 4) is 0 Å². The number of aliphatic hydroxyl groups is 1. The molecular formula is C23H25N3O5S2. The van der Waals surface area contributed by atoms with E-state index in [-0.39, 0.29) is 11.3 Å². The van der Waals surface area contributed by atoms with E-state index in [0.717, 1.165) is 22.7 Å². The number of aromatic nitrogens is 2. The fourth-order valence-corrected chi connectivity index (χ4v) is 6.07. The number of rotatable bonds is 8. The molecule has 1 N–H and O–H groups in total. The minimum atomic E-state index is -1.05. The highest BCUT2D eigenvalue weighted by atomic mass is 32.1. The highest BCUT2D eigenvalue weighted by molar-refractivity contribution is 7.10. The minimum Gasteiger partial charge on any atom is -0.511 e. The van der Waals surface area contributed by atoms with Gasteiger partial charge in [0.2, 0.25) is 0 Å². The molecule has 0 fully saturated rings. The van der Waals surface area contributed by atoms with E-state index in [2.05, 4.69) is 9.88 Å². The maximum atomic E-state index is 12.9. The first kappa shape index (κ1) is 23.2. The minimum absolute atomic E-state index is 0.0748. The number of aliphatic hydroxyl groups excluding tert-OH is 1. The van der Waals surface area contributed by atoms with Crippen LogP contribution < -0.4 is 0 Å². The Morgan fingerprint density at radius 1 is 1.09 bits per heavy atom. The molecule has 3 aromatic rings. The van der Waals surface area contributed by atoms with Gasteiger partial charge in [0, 0.05) is 35.2 Å². The molecule has 1 aliphatic heterocycles. The van der Waals surface area contributed by atoms with Crippen molar-refractivity contribution in [2.45, 2.75) is 25.0 Å². The number of thiophene rings is 2. The molecule has 4 rings (SSSR count). The zero-order chi connectivity index (χ0) is 23.4. The van der Waals surface area contributed by atoms with Crippen LogP contribution in [0.1, 0.15) is 28.3 Å². The number of carbonyl (C=O) groups is 2. The van der Waals surface area contributed by atoms with Gasteiger partial charge >= 0.3 is 11.9 Å². The number of ether oxygens (including phenoxy) is 2. The topological polar surface area (TPSA) is 93.9 Å². The molecule has 3 atom stereocenters. The van der Waals surface area contributed by atoms with Gasteiger partial charge in [0.25, 0.3) is 0 Å². The van der Waals surface area contributed by atoms with Crippen molar-refractivity contribution in [3.63, 3.8) is 0 Å². The summed E-state index contributed by atoms with van der Waals surface area (Å²) >= 11 is 2.99. The van der Waals surface area contributed by atoms with Crippen LogP contribution in [-0.4, -0.2) is 52.3 Å². The Kier molecular flexibility index (Phi) is 7.26. The highest BCUT2D eigenvalue weighted by Gasteiger charge is 2.50. The van der Waals surface area contributed by atoms with Gasteiger partial charge in [0.05, 0.1) is 38.2 Å². The first-order chi connectivity index (χ1) is 16.1. The van der Waals surface area contributed by atoms with Crippen molar-refractivity contribution >= 4 is 34.6 Å². The van der Waals surface area contributed by atoms with E-state index >= 15 is 0 Å². The molecule has 0 amide bonds. The van der Waals surface area contributed by atoms with Crippen LogP contribution in [0.4, 0.5) is 0 Å². The number of aryl methyl sites for hydroxylation is 1. The first-order valence-corrected chi connectivity index (χ1v) is 12.2. The van der Waals surface area contributed by atoms with Gasteiger partial charge in [-0.05, 0) is 29.3 Å². The average molecular weight is 488 g/mol. The smallest absolute Gasteiger partial charge is 0.339 e. The molecule has 10 heteroatoms. The normalized spacial score (nSPS) is 21.2. The van der Waals surface area contributed by atoms with E-state index < -0.39 is 29.9 Å². The van der Waals surface area contributed by atoms with Crippen LogP contribution in [0.3, 0.4) is 0 Å². The summed E-state index contributed by atoms with van der Waals surface area (Å²) in [6, 6.07) is 6.62. The zero-order valence-electron chi connectivity index (χ0n) is 18.3. The summed E-state index contributed by atoms with van der Waals surface area (Å²) in [7, 11) is 2.56. The lowest BCUT2D eigenvalue weighted by atomic mass is 9.82. The lowest BCUT2D eigenvalue weighted by Crippen LogP contribution is -2.47. The van der Waals surface area contributed by atoms with Crippen LogP contribution in [0.5, 0.6) is 0 Å². The number of hydrogen-bond donors (Lipinski definition) is 1. The first-order valence-electron chi connectivity index (χ1n) is 10.4. The Labute approximate surface area is 199 Å². The Morgan fingerprint density at radius 2 is 1.82 bits per heavy atom. The predicted molar refractivity (Wildman–Crippen MR) is 125 cm³/mol. The molecule has 174 valence electrons. The van der Waals surface area contributed by atoms with Crippen LogP contribution >= 0.6 is 22.7 Å². The van der Waals surface area contributed by atoms with E-state index in [1.54, 1.807) is 12.5 Å². The molecule has 0 saturated carbocycles. The molecule has 0 bridgehead atoms. The molecule has 1 aliphatic rings. The number of esters is 2. The van der Waals surface area contributed by atoms with E-state index in [1.807, 2.05) is 45.8 Å². The van der Waals surface area contributed by atoms with E-state index in [1.165, 1.54) is 36.9 Å². The molecule has 4 heterocycles. The molecule has 0 aliphatic carbocycles. The Balaban J connectivity index is 1.84. The molecule has 3 aromatic heterocycles. The Bertz CT molecular complexity index is 1090. The third kappa shape index (κ3) is 4.59. The quantitative estimate of drug-likeness (QED) is 0.481. The van der Waals surface area contributed by atoms with Gasteiger partial charge in [0.1, 0.15) is 11.7 Å². The van der Waals surface area contributed by atoms with Crippen molar-refractivity contribution in [2.24, 2.45) is 5.92 Å². The summed E-state index contributed by atoms with van der Waals surface area (Å²) < 4.78 is 12.1. The van der Waals surface area contributed by atoms with Crippen molar-refractivity contribution in [2.75, 3.05) is 20.8 Å². The van der Waals surface area contributed by atoms with Gasteiger partial charge < -0.3 is 19.1 Å². The summed E-state index contributed by atoms with van der Waals surface area (Å²) in [6.45, 7) is 1.28. The van der Waals surface area contributed by atoms with Crippen molar-refractivity contribution in [3.05, 3.63) is 74.8 Å². The van der Waals surface area contributed by atoms with Gasteiger partial charge in [-0.2, -0.15) is 0 Å². The van der Waals surface area contributed by atoms with Gasteiger partial charge in [0.15, 0.2) is 0 Å². The maximum Gasteiger partial charge on any atom is 0.339 e. The fraction of sp³-hybridized carbons (Fsp3) is 0.348. The fourth-order valence-electron chi connectivity index (χ4n) is 4.33. The summed E-state index contributed by atoms with van der Waals surface area (Å²) in [4.78, 5) is 33.8. The molecule has 3 unspecified atom stereocenters. The van der Waals surface area contributed by atoms with Crippen molar-refractivity contribution < 1.29 is 24.2 Å². The third-order valence-corrected chi connectivity index (χ3v) is 7.62. The highest BCUT2D eigenvalue weighted by Crippen LogP contribution is 2.50. The average Bonchev–Trinajstić information content (AvgIpc) is 3.61. The summed E-state index contributed by atoms with van der Waals surface area (Å²) in [5.41, 5.74) is 0.0748. The van der Waals surface area contributed by atoms with Crippen molar-refractivity contribution in [1.29, 1.82) is 0 Å². The zero-order valence-corrected chi connectivity index (χ0v) is 19.9. The molecule has 0 saturated heterocycles. The standard InChI is InChI=1S/C23H25N3O5S2/c1-30-22(28)17-19(15-6-3-12-32-15)26(10-5-9-25-11-8-24-14-25)20(16-7-4-13-33-16)18(21(17)27)23(29)31-2/h3-4,6-8,11-14,17,19-20,27H,5,9-10H2,1-2H3. The largest absolute Gasteiger partial charge is 0.511 e. The van der Waals surface area contributed by atoms with Crippen LogP contribution in [0.2, 0.25) is 0 Å². The van der Waals surface area contributed by atoms with E-state index in [4.69, 9.17) is 9.47 Å². The second kappa shape index (κ2) is 10.3. The molecule has 33 heavy (non-hydrogen) atoms. The Hall–Kier alpha value is -2.95. The van der Waals surface area contributed by atoms with Gasteiger partial charge in [-0.3, -0.25) is 9.69 Å². The van der Waals surface area contributed by atoms with E-state index in [0.29, 0.717) is 6.54 Å². The number of imidazole rings is 1. The summed E-state index contributed by atoms with van der Waals surface area (Å²) in [6.07, 6.45) is 6.12. The van der Waals surface area contributed by atoms with Crippen LogP contribution in [0.15, 0.2) is 65.1 Å². The Morgan fingerprint density at radius 3 is 2.39 bits per heavy atom. The molecule has 0 spiro atoms. The summed E-state index contributed by atoms with van der Waals surface area (Å²) in [5.74, 6) is -2.61. The number of hydrogen-bond acceptors (Lipinski definition) is 9.